The summed E-state index contributed by atoms with van der Waals surface area (Å²) in [6.45, 7) is 10.0. The average Bonchev–Trinajstić information content (AvgIpc) is 2.29. The summed E-state index contributed by atoms with van der Waals surface area (Å²) in [5.41, 5.74) is 2.51. The Morgan fingerprint density at radius 3 is 2.41 bits per heavy atom. The van der Waals surface area contributed by atoms with Gasteiger partial charge in [-0.1, -0.05) is 43.7 Å². The van der Waals surface area contributed by atoms with Crippen molar-refractivity contribution in [3.63, 3.8) is 0 Å². The third kappa shape index (κ3) is 3.97. The van der Waals surface area contributed by atoms with E-state index in [1.54, 1.807) is 6.92 Å². The van der Waals surface area contributed by atoms with Gasteiger partial charge < -0.3 is 0 Å². The van der Waals surface area contributed by atoms with Crippen LogP contribution in [-0.4, -0.2) is 23.8 Å². The molecule has 1 unspecified atom stereocenters. The number of carbonyl (C=O) groups excluding carboxylic acids is 1. The summed E-state index contributed by atoms with van der Waals surface area (Å²) in [6.07, 6.45) is 0.602. The molecule has 0 radical (unpaired) electrons. The Morgan fingerprint density at radius 2 is 1.94 bits per heavy atom. The summed E-state index contributed by atoms with van der Waals surface area (Å²) < 4.78 is 0. The molecule has 1 aromatic carbocycles. The average molecular weight is 233 g/mol. The smallest absolute Gasteiger partial charge is 0.131 e. The highest BCUT2D eigenvalue weighted by Crippen LogP contribution is 2.25. The predicted octanol–water partition coefficient (Wildman–Crippen LogP) is 3.36. The van der Waals surface area contributed by atoms with Gasteiger partial charge in [-0.25, -0.2) is 0 Å². The van der Waals surface area contributed by atoms with Crippen LogP contribution in [0.15, 0.2) is 24.3 Å². The summed E-state index contributed by atoms with van der Waals surface area (Å²) in [4.78, 5) is 13.8. The predicted molar refractivity (Wildman–Crippen MR) is 72.1 cm³/mol. The number of benzene rings is 1. The minimum atomic E-state index is 0.224. The molecule has 0 amide bonds. The SMILES string of the molecule is CCN(CC)C(CC(C)=O)c1cccc(C)c1. The molecule has 2 nitrogen and oxygen atoms in total. The van der Waals surface area contributed by atoms with E-state index in [0.29, 0.717) is 6.42 Å². The van der Waals surface area contributed by atoms with E-state index in [1.165, 1.54) is 11.1 Å². The lowest BCUT2D eigenvalue weighted by atomic mass is 9.98. The van der Waals surface area contributed by atoms with Crippen LogP contribution in [0.5, 0.6) is 0 Å². The Labute approximate surface area is 105 Å². The van der Waals surface area contributed by atoms with Crippen LogP contribution in [0.3, 0.4) is 0 Å². The van der Waals surface area contributed by atoms with Gasteiger partial charge in [-0.05, 0) is 32.5 Å². The van der Waals surface area contributed by atoms with Crippen LogP contribution in [0.4, 0.5) is 0 Å². The highest BCUT2D eigenvalue weighted by atomic mass is 16.1. The third-order valence-corrected chi connectivity index (χ3v) is 3.16. The van der Waals surface area contributed by atoms with Gasteiger partial charge in [0.05, 0.1) is 0 Å². The molecule has 0 heterocycles. The first kappa shape index (κ1) is 13.9. The van der Waals surface area contributed by atoms with Gasteiger partial charge in [0, 0.05) is 12.5 Å². The quantitative estimate of drug-likeness (QED) is 0.751. The standard InChI is InChI=1S/C15H23NO/c1-5-16(6-2)15(11-13(4)17)14-9-7-8-12(3)10-14/h7-10,15H,5-6,11H2,1-4H3. The lowest BCUT2D eigenvalue weighted by Crippen LogP contribution is -2.29. The molecule has 0 bridgehead atoms. The second-order valence-corrected chi connectivity index (χ2v) is 4.56. The Morgan fingerprint density at radius 1 is 1.29 bits per heavy atom. The number of carbonyl (C=O) groups is 1. The number of hydrogen-bond acceptors (Lipinski definition) is 2. The maximum Gasteiger partial charge on any atom is 0.131 e. The van der Waals surface area contributed by atoms with Gasteiger partial charge >= 0.3 is 0 Å². The van der Waals surface area contributed by atoms with E-state index in [-0.39, 0.29) is 11.8 Å². The zero-order valence-electron chi connectivity index (χ0n) is 11.4. The van der Waals surface area contributed by atoms with Crippen LogP contribution < -0.4 is 0 Å². The van der Waals surface area contributed by atoms with Crippen LogP contribution >= 0.6 is 0 Å². The summed E-state index contributed by atoms with van der Waals surface area (Å²) in [5, 5.41) is 0. The third-order valence-electron chi connectivity index (χ3n) is 3.16. The molecule has 94 valence electrons. The molecule has 1 aromatic rings. The van der Waals surface area contributed by atoms with Crippen LogP contribution in [0.1, 0.15) is 44.4 Å². The van der Waals surface area contributed by atoms with Crippen molar-refractivity contribution < 1.29 is 4.79 Å². The van der Waals surface area contributed by atoms with Gasteiger partial charge in [-0.2, -0.15) is 0 Å². The number of rotatable bonds is 6. The van der Waals surface area contributed by atoms with Crippen LogP contribution in [0.25, 0.3) is 0 Å². The molecule has 0 saturated carbocycles. The second-order valence-electron chi connectivity index (χ2n) is 4.56. The van der Waals surface area contributed by atoms with Gasteiger partial charge in [0.1, 0.15) is 5.78 Å². The molecular formula is C15H23NO. The molecule has 0 aliphatic heterocycles. The second kappa shape index (κ2) is 6.55. The highest BCUT2D eigenvalue weighted by Gasteiger charge is 2.19. The van der Waals surface area contributed by atoms with Gasteiger partial charge in [-0.15, -0.1) is 0 Å². The van der Waals surface area contributed by atoms with E-state index in [0.717, 1.165) is 13.1 Å². The van der Waals surface area contributed by atoms with Gasteiger partial charge in [0.25, 0.3) is 0 Å². The van der Waals surface area contributed by atoms with Crippen LogP contribution in [0.2, 0.25) is 0 Å². The van der Waals surface area contributed by atoms with Gasteiger partial charge in [0.2, 0.25) is 0 Å². The molecule has 0 N–H and O–H groups in total. The molecule has 2 heteroatoms. The molecule has 0 fully saturated rings. The number of nitrogens with zero attached hydrogens (tertiary/aromatic N) is 1. The van der Waals surface area contributed by atoms with E-state index in [2.05, 4.69) is 49.9 Å². The molecule has 1 atom stereocenters. The van der Waals surface area contributed by atoms with E-state index >= 15 is 0 Å². The zero-order chi connectivity index (χ0) is 12.8. The summed E-state index contributed by atoms with van der Waals surface area (Å²) >= 11 is 0. The molecule has 17 heavy (non-hydrogen) atoms. The number of ketones is 1. The minimum absolute atomic E-state index is 0.224. The molecule has 0 spiro atoms. The van der Waals surface area contributed by atoms with Gasteiger partial charge in [0.15, 0.2) is 0 Å². The molecule has 0 saturated heterocycles. The molecule has 0 aliphatic carbocycles. The molecule has 0 aliphatic rings. The first-order chi connectivity index (χ1) is 8.08. The van der Waals surface area contributed by atoms with Crippen LogP contribution in [-0.2, 0) is 4.79 Å². The zero-order valence-corrected chi connectivity index (χ0v) is 11.4. The van der Waals surface area contributed by atoms with Crippen molar-refractivity contribution in [3.8, 4) is 0 Å². The Balaban J connectivity index is 3.00. The van der Waals surface area contributed by atoms with Gasteiger partial charge in [-0.3, -0.25) is 9.69 Å². The summed E-state index contributed by atoms with van der Waals surface area (Å²) in [5.74, 6) is 0.253. The van der Waals surface area contributed by atoms with E-state index in [4.69, 9.17) is 0 Å². The molecule has 1 rings (SSSR count). The maximum atomic E-state index is 11.4. The van der Waals surface area contributed by atoms with E-state index in [1.807, 2.05) is 0 Å². The summed E-state index contributed by atoms with van der Waals surface area (Å²) in [6, 6.07) is 8.70. The van der Waals surface area contributed by atoms with E-state index in [9.17, 15) is 4.79 Å². The topological polar surface area (TPSA) is 20.3 Å². The summed E-state index contributed by atoms with van der Waals surface area (Å²) in [7, 11) is 0. The van der Waals surface area contributed by atoms with Crippen LogP contribution in [0, 0.1) is 6.92 Å². The van der Waals surface area contributed by atoms with Crippen molar-refractivity contribution in [2.75, 3.05) is 13.1 Å². The lowest BCUT2D eigenvalue weighted by Gasteiger charge is -2.29. The van der Waals surface area contributed by atoms with Crippen molar-refractivity contribution in [2.24, 2.45) is 0 Å². The van der Waals surface area contributed by atoms with Crippen molar-refractivity contribution in [2.45, 2.75) is 40.2 Å². The maximum absolute atomic E-state index is 11.4. The Kier molecular flexibility index (Phi) is 5.36. The van der Waals surface area contributed by atoms with Crippen molar-refractivity contribution >= 4 is 5.78 Å². The fraction of sp³-hybridized carbons (Fsp3) is 0.533. The number of aryl methyl sites for hydroxylation is 1. The fourth-order valence-electron chi connectivity index (χ4n) is 2.27. The number of hydrogen-bond donors (Lipinski definition) is 0. The highest BCUT2D eigenvalue weighted by molar-refractivity contribution is 5.76. The van der Waals surface area contributed by atoms with E-state index < -0.39 is 0 Å². The number of Topliss-reactive ketones (excluding diaryl/α,β-unsaturated/α-hetero) is 1. The Bertz CT molecular complexity index is 369. The Hall–Kier alpha value is -1.15. The first-order valence-electron chi connectivity index (χ1n) is 6.38. The first-order valence-corrected chi connectivity index (χ1v) is 6.38. The lowest BCUT2D eigenvalue weighted by molar-refractivity contribution is -0.118. The monoisotopic (exact) mass is 233 g/mol. The largest absolute Gasteiger partial charge is 0.300 e. The molecule has 0 aromatic heterocycles. The molecular weight excluding hydrogens is 210 g/mol. The van der Waals surface area contributed by atoms with Crippen molar-refractivity contribution in [1.29, 1.82) is 0 Å². The van der Waals surface area contributed by atoms with Crippen molar-refractivity contribution in [1.82, 2.24) is 4.90 Å². The fourth-order valence-corrected chi connectivity index (χ4v) is 2.27. The normalized spacial score (nSPS) is 12.8. The van der Waals surface area contributed by atoms with Crippen molar-refractivity contribution in [3.05, 3.63) is 35.4 Å². The minimum Gasteiger partial charge on any atom is -0.300 e.